The van der Waals surface area contributed by atoms with Gasteiger partial charge in [-0.25, -0.2) is 0 Å². The van der Waals surface area contributed by atoms with Gasteiger partial charge in [0.05, 0.1) is 11.7 Å². The molecule has 1 unspecified atom stereocenters. The molecule has 0 radical (unpaired) electrons. The van der Waals surface area contributed by atoms with Gasteiger partial charge in [-0.1, -0.05) is 5.92 Å². The average Bonchev–Trinajstić information content (AvgIpc) is 2.24. The number of nitrogens with zero attached hydrogens (tertiary/aromatic N) is 3. The minimum Gasteiger partial charge on any atom is -0.354 e. The Kier molecular flexibility index (Phi) is 3.25. The summed E-state index contributed by atoms with van der Waals surface area (Å²) < 4.78 is 0. The number of terminal acetylenes is 1. The van der Waals surface area contributed by atoms with Crippen LogP contribution in [0.4, 0.5) is 5.82 Å². The number of aromatic nitrogens is 2. The fourth-order valence-electron chi connectivity index (χ4n) is 1.09. The van der Waals surface area contributed by atoms with Crippen LogP contribution in [0.3, 0.4) is 0 Å². The number of hydrogen-bond acceptors (Lipinski definition) is 4. The number of nitrogens with one attached hydrogen (secondary N) is 1. The largest absolute Gasteiger partial charge is 0.354 e. The maximum atomic E-state index is 9.00. The van der Waals surface area contributed by atoms with E-state index in [2.05, 4.69) is 27.5 Å². The van der Waals surface area contributed by atoms with Gasteiger partial charge in [-0.05, 0) is 26.3 Å². The third-order valence-electron chi connectivity index (χ3n) is 2.17. The second-order valence-electron chi connectivity index (χ2n) is 3.28. The fourth-order valence-corrected chi connectivity index (χ4v) is 1.09. The van der Waals surface area contributed by atoms with Gasteiger partial charge in [0, 0.05) is 0 Å². The summed E-state index contributed by atoms with van der Waals surface area (Å²) in [5.41, 5.74) is 2.09. The monoisotopic (exact) mass is 200 g/mol. The molecule has 0 saturated heterocycles. The molecule has 76 valence electrons. The third kappa shape index (κ3) is 2.24. The highest BCUT2D eigenvalue weighted by atomic mass is 15.2. The average molecular weight is 200 g/mol. The number of nitriles is 1. The maximum absolute atomic E-state index is 9.00. The predicted molar refractivity (Wildman–Crippen MR) is 58.1 cm³/mol. The van der Waals surface area contributed by atoms with Gasteiger partial charge in [0.2, 0.25) is 0 Å². The van der Waals surface area contributed by atoms with E-state index < -0.39 is 0 Å². The summed E-state index contributed by atoms with van der Waals surface area (Å²) >= 11 is 0. The molecule has 0 aliphatic rings. The van der Waals surface area contributed by atoms with Crippen LogP contribution in [0.5, 0.6) is 0 Å². The molecule has 1 rings (SSSR count). The van der Waals surface area contributed by atoms with Crippen LogP contribution in [0, 0.1) is 37.5 Å². The Morgan fingerprint density at radius 3 is 2.60 bits per heavy atom. The van der Waals surface area contributed by atoms with E-state index in [1.807, 2.05) is 20.8 Å². The number of hydrogen-bond donors (Lipinski definition) is 1. The van der Waals surface area contributed by atoms with Gasteiger partial charge in [0.1, 0.15) is 11.6 Å². The Balaban J connectivity index is 3.16. The molecule has 4 heteroatoms. The normalized spacial score (nSPS) is 11.3. The van der Waals surface area contributed by atoms with E-state index >= 15 is 0 Å². The summed E-state index contributed by atoms with van der Waals surface area (Å²) in [7, 11) is 0. The predicted octanol–water partition coefficient (Wildman–Crippen LogP) is 1.40. The van der Waals surface area contributed by atoms with Crippen molar-refractivity contribution in [3.05, 3.63) is 16.8 Å². The molecule has 1 N–H and O–H groups in total. The van der Waals surface area contributed by atoms with Gasteiger partial charge in [-0.2, -0.15) is 10.4 Å². The van der Waals surface area contributed by atoms with E-state index in [0.29, 0.717) is 11.4 Å². The van der Waals surface area contributed by atoms with Crippen molar-refractivity contribution in [2.45, 2.75) is 26.8 Å². The van der Waals surface area contributed by atoms with Crippen molar-refractivity contribution in [2.24, 2.45) is 0 Å². The van der Waals surface area contributed by atoms with Crippen molar-refractivity contribution in [1.82, 2.24) is 10.2 Å². The summed E-state index contributed by atoms with van der Waals surface area (Å²) in [6, 6.07) is 1.93. The first-order chi connectivity index (χ1) is 7.10. The topological polar surface area (TPSA) is 61.6 Å². The van der Waals surface area contributed by atoms with Crippen molar-refractivity contribution < 1.29 is 0 Å². The van der Waals surface area contributed by atoms with Crippen molar-refractivity contribution in [1.29, 1.82) is 5.26 Å². The lowest BCUT2D eigenvalue weighted by atomic mass is 10.1. The molecular formula is C11H12N4. The number of anilines is 1. The van der Waals surface area contributed by atoms with Crippen molar-refractivity contribution >= 4 is 5.82 Å². The summed E-state index contributed by atoms with van der Waals surface area (Å²) in [6.45, 7) is 5.48. The number of aryl methyl sites for hydroxylation is 1. The molecule has 0 bridgehead atoms. The van der Waals surface area contributed by atoms with E-state index in [1.54, 1.807) is 0 Å². The van der Waals surface area contributed by atoms with Gasteiger partial charge in [-0.15, -0.1) is 11.5 Å². The van der Waals surface area contributed by atoms with Crippen LogP contribution in [-0.4, -0.2) is 16.2 Å². The first kappa shape index (κ1) is 11.0. The SMILES string of the molecule is C#CC(C)Nc1nnc(C)c(C)c1C#N. The molecule has 15 heavy (non-hydrogen) atoms. The second kappa shape index (κ2) is 4.43. The van der Waals surface area contributed by atoms with E-state index in [1.165, 1.54) is 0 Å². The van der Waals surface area contributed by atoms with Crippen LogP contribution >= 0.6 is 0 Å². The van der Waals surface area contributed by atoms with Gasteiger partial charge >= 0.3 is 0 Å². The fraction of sp³-hybridized carbons (Fsp3) is 0.364. The molecule has 0 amide bonds. The van der Waals surface area contributed by atoms with Crippen molar-refractivity contribution in [3.63, 3.8) is 0 Å². The molecule has 1 atom stereocenters. The maximum Gasteiger partial charge on any atom is 0.167 e. The highest BCUT2D eigenvalue weighted by Crippen LogP contribution is 2.17. The van der Waals surface area contributed by atoms with Crippen LogP contribution < -0.4 is 5.32 Å². The van der Waals surface area contributed by atoms with Crippen LogP contribution in [0.1, 0.15) is 23.7 Å². The first-order valence-corrected chi connectivity index (χ1v) is 4.56. The summed E-state index contributed by atoms with van der Waals surface area (Å²) in [6.07, 6.45) is 5.24. The van der Waals surface area contributed by atoms with Gasteiger partial charge in [0.15, 0.2) is 5.82 Å². The van der Waals surface area contributed by atoms with Crippen LogP contribution in [-0.2, 0) is 0 Å². The second-order valence-corrected chi connectivity index (χ2v) is 3.28. The van der Waals surface area contributed by atoms with Crippen LogP contribution in [0.25, 0.3) is 0 Å². The minimum atomic E-state index is -0.173. The van der Waals surface area contributed by atoms with E-state index in [9.17, 15) is 0 Å². The lowest BCUT2D eigenvalue weighted by molar-refractivity contribution is 0.922. The smallest absolute Gasteiger partial charge is 0.167 e. The molecule has 0 aliphatic heterocycles. The highest BCUT2D eigenvalue weighted by Gasteiger charge is 2.11. The zero-order valence-electron chi connectivity index (χ0n) is 9.00. The van der Waals surface area contributed by atoms with Crippen LogP contribution in [0.2, 0.25) is 0 Å². The zero-order chi connectivity index (χ0) is 11.4. The summed E-state index contributed by atoms with van der Waals surface area (Å²) in [5.74, 6) is 2.96. The summed E-state index contributed by atoms with van der Waals surface area (Å²) in [4.78, 5) is 0. The Hall–Kier alpha value is -2.07. The van der Waals surface area contributed by atoms with E-state index in [4.69, 9.17) is 11.7 Å². The molecular weight excluding hydrogens is 188 g/mol. The number of rotatable bonds is 2. The third-order valence-corrected chi connectivity index (χ3v) is 2.17. The lowest BCUT2D eigenvalue weighted by Crippen LogP contribution is -2.16. The molecule has 0 fully saturated rings. The quantitative estimate of drug-likeness (QED) is 0.733. The van der Waals surface area contributed by atoms with Crippen molar-refractivity contribution in [2.75, 3.05) is 5.32 Å². The Morgan fingerprint density at radius 1 is 1.40 bits per heavy atom. The van der Waals surface area contributed by atoms with E-state index in [0.717, 1.165) is 11.3 Å². The zero-order valence-corrected chi connectivity index (χ0v) is 9.00. The van der Waals surface area contributed by atoms with Gasteiger partial charge < -0.3 is 5.32 Å². The molecule has 0 aliphatic carbocycles. The Morgan fingerprint density at radius 2 is 2.07 bits per heavy atom. The molecule has 1 heterocycles. The Bertz CT molecular complexity index is 451. The molecule has 0 aromatic carbocycles. The van der Waals surface area contributed by atoms with Crippen LogP contribution in [0.15, 0.2) is 0 Å². The molecule has 4 nitrogen and oxygen atoms in total. The molecule has 0 spiro atoms. The molecule has 1 aromatic rings. The highest BCUT2D eigenvalue weighted by molar-refractivity contribution is 5.56. The molecule has 1 aromatic heterocycles. The lowest BCUT2D eigenvalue weighted by Gasteiger charge is -2.11. The minimum absolute atomic E-state index is 0.173. The summed E-state index contributed by atoms with van der Waals surface area (Å²) in [5, 5.41) is 19.8. The first-order valence-electron chi connectivity index (χ1n) is 4.56. The Labute approximate surface area is 89.3 Å². The standard InChI is InChI=1S/C11H12N4/c1-5-7(2)13-11-10(6-12)8(3)9(4)14-15-11/h1,7H,2-4H3,(H,13,15). The van der Waals surface area contributed by atoms with Gasteiger partial charge in [-0.3, -0.25) is 0 Å². The van der Waals surface area contributed by atoms with E-state index in [-0.39, 0.29) is 6.04 Å². The van der Waals surface area contributed by atoms with Crippen molar-refractivity contribution in [3.8, 4) is 18.4 Å². The molecule has 0 saturated carbocycles. The van der Waals surface area contributed by atoms with Gasteiger partial charge in [0.25, 0.3) is 0 Å².